The van der Waals surface area contributed by atoms with Crippen LogP contribution in [0.1, 0.15) is 56.6 Å². The molecule has 1 aromatic heterocycles. The number of carbonyl (C=O) groups is 1. The van der Waals surface area contributed by atoms with Gasteiger partial charge in [0.05, 0.1) is 17.1 Å². The number of benzene rings is 1. The number of aliphatic hydroxyl groups is 2. The molecule has 154 valence electrons. The lowest BCUT2D eigenvalue weighted by molar-refractivity contribution is -0.137. The van der Waals surface area contributed by atoms with E-state index in [4.69, 9.17) is 5.11 Å². The Morgan fingerprint density at radius 2 is 1.89 bits per heavy atom. The van der Waals surface area contributed by atoms with Gasteiger partial charge in [-0.05, 0) is 49.8 Å². The first-order valence-electron chi connectivity index (χ1n) is 9.92. The van der Waals surface area contributed by atoms with Crippen molar-refractivity contribution in [2.45, 2.75) is 69.9 Å². The van der Waals surface area contributed by atoms with E-state index in [-0.39, 0.29) is 12.1 Å². The third kappa shape index (κ3) is 4.45. The Bertz CT molecular complexity index is 888. The first-order valence-corrected chi connectivity index (χ1v) is 9.92. The summed E-state index contributed by atoms with van der Waals surface area (Å²) < 4.78 is 3.22. The van der Waals surface area contributed by atoms with Crippen molar-refractivity contribution in [3.63, 3.8) is 0 Å². The van der Waals surface area contributed by atoms with Gasteiger partial charge < -0.3 is 15.3 Å². The van der Waals surface area contributed by atoms with Crippen LogP contribution in [0.15, 0.2) is 23.0 Å². The molecule has 1 aromatic carbocycles. The second kappa shape index (κ2) is 8.89. The maximum absolute atomic E-state index is 12.8. The molecule has 0 radical (unpaired) electrons. The van der Waals surface area contributed by atoms with Gasteiger partial charge in [0.2, 0.25) is 0 Å². The van der Waals surface area contributed by atoms with E-state index < -0.39 is 24.5 Å². The number of hydrogen-bond donors (Lipinski definition) is 4. The van der Waals surface area contributed by atoms with Crippen LogP contribution >= 0.6 is 0 Å². The summed E-state index contributed by atoms with van der Waals surface area (Å²) in [5.41, 5.74) is 2.56. The highest BCUT2D eigenvalue weighted by Crippen LogP contribution is 2.26. The van der Waals surface area contributed by atoms with Crippen molar-refractivity contribution < 1.29 is 20.1 Å². The molecule has 1 fully saturated rings. The van der Waals surface area contributed by atoms with Gasteiger partial charge in [0.1, 0.15) is 12.5 Å². The second-order valence-corrected chi connectivity index (χ2v) is 7.61. The van der Waals surface area contributed by atoms with Gasteiger partial charge in [-0.1, -0.05) is 18.9 Å². The fraction of sp³-hybridized carbons (Fsp3) is 0.600. The van der Waals surface area contributed by atoms with E-state index in [2.05, 4.69) is 5.32 Å². The third-order valence-corrected chi connectivity index (χ3v) is 5.55. The first kappa shape index (κ1) is 20.6. The largest absolute Gasteiger partial charge is 0.481 e. The van der Waals surface area contributed by atoms with Crippen molar-refractivity contribution in [2.75, 3.05) is 0 Å². The van der Waals surface area contributed by atoms with Crippen molar-refractivity contribution in [1.82, 2.24) is 14.5 Å². The van der Waals surface area contributed by atoms with E-state index in [9.17, 15) is 19.8 Å². The van der Waals surface area contributed by atoms with Gasteiger partial charge in [-0.3, -0.25) is 19.2 Å². The first-order chi connectivity index (χ1) is 13.4. The number of piperidine rings is 1. The van der Waals surface area contributed by atoms with Crippen LogP contribution in [0.2, 0.25) is 0 Å². The zero-order valence-electron chi connectivity index (χ0n) is 16.2. The Morgan fingerprint density at radius 3 is 2.61 bits per heavy atom. The van der Waals surface area contributed by atoms with Crippen LogP contribution < -0.4 is 11.0 Å². The van der Waals surface area contributed by atoms with E-state index in [1.807, 2.05) is 18.2 Å². The number of aromatic nitrogens is 2. The average Bonchev–Trinajstić information content (AvgIpc) is 2.89. The highest BCUT2D eigenvalue weighted by molar-refractivity contribution is 5.77. The molecule has 0 aliphatic carbocycles. The Balaban J connectivity index is 1.72. The normalized spacial score (nSPS) is 22.6. The number of carboxylic acids is 1. The maximum Gasteiger partial charge on any atom is 0.329 e. The molecule has 2 heterocycles. The van der Waals surface area contributed by atoms with E-state index in [0.29, 0.717) is 19.3 Å². The van der Waals surface area contributed by atoms with E-state index >= 15 is 0 Å². The summed E-state index contributed by atoms with van der Waals surface area (Å²) in [6, 6.07) is 5.53. The van der Waals surface area contributed by atoms with Gasteiger partial charge in [-0.25, -0.2) is 4.79 Å². The third-order valence-electron chi connectivity index (χ3n) is 5.55. The summed E-state index contributed by atoms with van der Waals surface area (Å²) in [7, 11) is 1.73. The quantitative estimate of drug-likeness (QED) is 0.507. The van der Waals surface area contributed by atoms with Gasteiger partial charge in [0, 0.05) is 13.5 Å². The molecule has 0 spiro atoms. The summed E-state index contributed by atoms with van der Waals surface area (Å²) >= 11 is 0. The van der Waals surface area contributed by atoms with Gasteiger partial charge >= 0.3 is 11.7 Å². The molecule has 3 unspecified atom stereocenters. The van der Waals surface area contributed by atoms with Gasteiger partial charge in [-0.2, -0.15) is 0 Å². The molecule has 0 saturated carbocycles. The molecule has 1 aliphatic heterocycles. The number of imidazole rings is 1. The van der Waals surface area contributed by atoms with Crippen LogP contribution in [0.4, 0.5) is 0 Å². The zero-order valence-corrected chi connectivity index (χ0v) is 16.2. The van der Waals surface area contributed by atoms with Crippen LogP contribution in [-0.4, -0.2) is 42.9 Å². The predicted molar refractivity (Wildman–Crippen MR) is 105 cm³/mol. The molecule has 28 heavy (non-hydrogen) atoms. The molecule has 8 nitrogen and oxygen atoms in total. The molecule has 0 bridgehead atoms. The molecule has 8 heteroatoms. The fourth-order valence-electron chi connectivity index (χ4n) is 3.99. The number of nitrogens with zero attached hydrogens (tertiary/aromatic N) is 2. The van der Waals surface area contributed by atoms with Crippen LogP contribution in [0.25, 0.3) is 11.0 Å². The lowest BCUT2D eigenvalue weighted by Crippen LogP contribution is -2.49. The fourth-order valence-corrected chi connectivity index (χ4v) is 3.99. The minimum atomic E-state index is -0.975. The molecule has 3 atom stereocenters. The standard InChI is InChI=1S/C20H29N3O5/c1-22-16-12-13(6-4-2-3-5-7-18(25)26)8-9-14(16)23(20(22)28)15-10-11-17(24)21-19(15)27/h8-9,12,15,17,19,21,24,27H,2-7,10-11H2,1H3,(H,25,26). The van der Waals surface area contributed by atoms with E-state index in [1.54, 1.807) is 16.2 Å². The monoisotopic (exact) mass is 391 g/mol. The van der Waals surface area contributed by atoms with Crippen molar-refractivity contribution >= 4 is 17.0 Å². The number of unbranched alkanes of at least 4 members (excludes halogenated alkanes) is 3. The SMILES string of the molecule is Cn1c(=O)n(C2CCC(O)NC2O)c2ccc(CCCCCCC(=O)O)cc21. The lowest BCUT2D eigenvalue weighted by Gasteiger charge is -2.32. The number of hydrogen-bond acceptors (Lipinski definition) is 5. The number of aliphatic hydroxyl groups excluding tert-OH is 2. The Labute approximate surface area is 163 Å². The topological polar surface area (TPSA) is 117 Å². The molecular weight excluding hydrogens is 362 g/mol. The smallest absolute Gasteiger partial charge is 0.329 e. The molecule has 4 N–H and O–H groups in total. The molecule has 3 rings (SSSR count). The Morgan fingerprint density at radius 1 is 1.14 bits per heavy atom. The molecule has 2 aromatic rings. The van der Waals surface area contributed by atoms with Crippen LogP contribution in [-0.2, 0) is 18.3 Å². The number of aryl methyl sites for hydroxylation is 2. The van der Waals surface area contributed by atoms with E-state index in [0.717, 1.165) is 42.3 Å². The zero-order chi connectivity index (χ0) is 20.3. The van der Waals surface area contributed by atoms with Crippen LogP contribution in [0.5, 0.6) is 0 Å². The number of fused-ring (bicyclic) bond motifs is 1. The Kier molecular flexibility index (Phi) is 6.53. The van der Waals surface area contributed by atoms with Crippen molar-refractivity contribution in [3.8, 4) is 0 Å². The summed E-state index contributed by atoms with van der Waals surface area (Å²) in [6.07, 6.45) is 3.94. The lowest BCUT2D eigenvalue weighted by atomic mass is 10.0. The highest BCUT2D eigenvalue weighted by Gasteiger charge is 2.31. The molecular formula is C20H29N3O5. The summed E-state index contributed by atoms with van der Waals surface area (Å²) in [6.45, 7) is 0. The van der Waals surface area contributed by atoms with E-state index in [1.165, 1.54) is 0 Å². The summed E-state index contributed by atoms with van der Waals surface area (Å²) in [4.78, 5) is 23.3. The minimum Gasteiger partial charge on any atom is -0.481 e. The van der Waals surface area contributed by atoms with Gasteiger partial charge in [-0.15, -0.1) is 0 Å². The number of rotatable bonds is 8. The molecule has 0 amide bonds. The number of nitrogens with one attached hydrogen (secondary N) is 1. The summed E-state index contributed by atoms with van der Waals surface area (Å²) in [5, 5.41) is 31.3. The number of carboxylic acid groups (broad SMARTS) is 1. The molecule has 1 aliphatic rings. The van der Waals surface area contributed by atoms with Crippen molar-refractivity contribution in [3.05, 3.63) is 34.2 Å². The van der Waals surface area contributed by atoms with Crippen molar-refractivity contribution in [1.29, 1.82) is 0 Å². The average molecular weight is 391 g/mol. The van der Waals surface area contributed by atoms with Crippen LogP contribution in [0, 0.1) is 0 Å². The number of aliphatic carboxylic acids is 1. The summed E-state index contributed by atoms with van der Waals surface area (Å²) in [5.74, 6) is -0.747. The second-order valence-electron chi connectivity index (χ2n) is 7.61. The molecule has 1 saturated heterocycles. The van der Waals surface area contributed by atoms with Gasteiger partial charge in [0.15, 0.2) is 0 Å². The highest BCUT2D eigenvalue weighted by atomic mass is 16.4. The predicted octanol–water partition coefficient (Wildman–Crippen LogP) is 1.48. The Hall–Kier alpha value is -2.16. The maximum atomic E-state index is 12.8. The van der Waals surface area contributed by atoms with Crippen molar-refractivity contribution in [2.24, 2.45) is 7.05 Å². The minimum absolute atomic E-state index is 0.178. The van der Waals surface area contributed by atoms with Gasteiger partial charge in [0.25, 0.3) is 0 Å². The van der Waals surface area contributed by atoms with Crippen LogP contribution in [0.3, 0.4) is 0 Å².